The van der Waals surface area contributed by atoms with E-state index in [1.54, 1.807) is 19.2 Å². The zero-order valence-electron chi connectivity index (χ0n) is 18.4. The molecular weight excluding hydrogens is 390 g/mol. The lowest BCUT2D eigenvalue weighted by Crippen LogP contribution is -2.49. The van der Waals surface area contributed by atoms with Crippen LogP contribution in [0, 0.1) is 5.41 Å². The van der Waals surface area contributed by atoms with Crippen LogP contribution in [0.25, 0.3) is 0 Å². The number of methoxy groups -OCH3 is 1. The van der Waals surface area contributed by atoms with Crippen LogP contribution in [0.5, 0.6) is 5.75 Å². The number of nitrogen functional groups attached to an aromatic ring is 1. The average molecular weight is 424 g/mol. The van der Waals surface area contributed by atoms with Gasteiger partial charge in [-0.25, -0.2) is 4.98 Å². The molecule has 2 atom stereocenters. The number of hydrogen-bond acceptors (Lipinski definition) is 6. The second-order valence-corrected chi connectivity index (χ2v) is 8.93. The summed E-state index contributed by atoms with van der Waals surface area (Å²) < 4.78 is 5.28. The van der Waals surface area contributed by atoms with Gasteiger partial charge in [-0.2, -0.15) is 0 Å². The minimum absolute atomic E-state index is 0.279. The summed E-state index contributed by atoms with van der Waals surface area (Å²) in [6, 6.07) is 12.4. The highest BCUT2D eigenvalue weighted by atomic mass is 16.5. The number of benzene rings is 1. The minimum Gasteiger partial charge on any atom is -0.497 e. The van der Waals surface area contributed by atoms with Crippen molar-refractivity contribution in [2.75, 3.05) is 30.8 Å². The second-order valence-electron chi connectivity index (χ2n) is 8.93. The molecule has 2 fully saturated rings. The van der Waals surface area contributed by atoms with E-state index in [0.717, 1.165) is 31.7 Å². The van der Waals surface area contributed by atoms with Crippen LogP contribution in [0.4, 0.5) is 11.6 Å². The first-order chi connectivity index (χ1) is 14.9. The number of ether oxygens (including phenoxy) is 1. The van der Waals surface area contributed by atoms with Crippen molar-refractivity contribution in [2.24, 2.45) is 11.1 Å². The molecule has 0 radical (unpaired) electrons. The Morgan fingerprint density at radius 2 is 1.90 bits per heavy atom. The molecule has 5 N–H and O–H groups in total. The molecule has 1 aromatic carbocycles. The maximum Gasteiger partial charge on any atom is 0.252 e. The van der Waals surface area contributed by atoms with Gasteiger partial charge in [0.15, 0.2) is 0 Å². The molecule has 2 aliphatic rings. The first kappa shape index (κ1) is 21.4. The molecule has 7 heteroatoms. The van der Waals surface area contributed by atoms with Crippen molar-refractivity contribution in [1.82, 2.24) is 10.3 Å². The predicted molar refractivity (Wildman–Crippen MR) is 123 cm³/mol. The van der Waals surface area contributed by atoms with Gasteiger partial charge in [0.25, 0.3) is 5.91 Å². The monoisotopic (exact) mass is 423 g/mol. The van der Waals surface area contributed by atoms with Crippen molar-refractivity contribution in [3.05, 3.63) is 47.5 Å². The molecule has 0 bridgehead atoms. The Hall–Kier alpha value is -2.80. The summed E-state index contributed by atoms with van der Waals surface area (Å²) >= 11 is 0. The quantitative estimate of drug-likeness (QED) is 0.658. The Morgan fingerprint density at radius 1 is 1.19 bits per heavy atom. The van der Waals surface area contributed by atoms with Crippen molar-refractivity contribution < 1.29 is 9.53 Å². The van der Waals surface area contributed by atoms with Gasteiger partial charge >= 0.3 is 0 Å². The number of primary amides is 1. The lowest BCUT2D eigenvalue weighted by Gasteiger charge is -2.45. The number of amides is 1. The Labute approximate surface area is 184 Å². The van der Waals surface area contributed by atoms with Crippen molar-refractivity contribution in [1.29, 1.82) is 0 Å². The first-order valence-corrected chi connectivity index (χ1v) is 11.1. The Bertz CT molecular complexity index is 922. The van der Waals surface area contributed by atoms with Crippen LogP contribution < -0.4 is 26.4 Å². The molecule has 31 heavy (non-hydrogen) atoms. The third-order valence-corrected chi connectivity index (χ3v) is 7.19. The molecular formula is C24H33N5O2. The fourth-order valence-corrected chi connectivity index (χ4v) is 5.35. The fraction of sp³-hybridized carbons (Fsp3) is 0.500. The van der Waals surface area contributed by atoms with Gasteiger partial charge in [0.2, 0.25) is 0 Å². The van der Waals surface area contributed by atoms with E-state index in [2.05, 4.69) is 34.3 Å². The van der Waals surface area contributed by atoms with Crippen LogP contribution in [-0.4, -0.2) is 37.1 Å². The molecule has 1 amide bonds. The molecule has 2 aromatic rings. The second kappa shape index (κ2) is 8.75. The van der Waals surface area contributed by atoms with Crippen molar-refractivity contribution in [2.45, 2.75) is 51.1 Å². The highest BCUT2D eigenvalue weighted by Gasteiger charge is 2.45. The number of carbonyl (C=O) groups excluding carboxylic acids is 1. The zero-order chi connectivity index (χ0) is 22.0. The Balaban J connectivity index is 1.45. The number of nitrogens with one attached hydrogen (secondary N) is 1. The van der Waals surface area contributed by atoms with Crippen LogP contribution in [0.3, 0.4) is 0 Å². The molecule has 166 valence electrons. The number of rotatable bonds is 6. The summed E-state index contributed by atoms with van der Waals surface area (Å²) in [5, 5.41) is 3.92. The molecule has 1 saturated carbocycles. The van der Waals surface area contributed by atoms with Crippen molar-refractivity contribution in [3.8, 4) is 5.75 Å². The van der Waals surface area contributed by atoms with E-state index in [9.17, 15) is 4.79 Å². The number of carbonyl (C=O) groups is 1. The number of aromatic nitrogens is 1. The average Bonchev–Trinajstić information content (AvgIpc) is 3.15. The summed E-state index contributed by atoms with van der Waals surface area (Å²) in [4.78, 5) is 18.5. The van der Waals surface area contributed by atoms with Gasteiger partial charge in [-0.15, -0.1) is 0 Å². The molecule has 4 rings (SSSR count). The SMILES string of the molecule is COc1ccc(C(C)NC2CCCC23CCN(c2nc(N)ccc2C(N)=O)CC3)cc1. The predicted octanol–water partition coefficient (Wildman–Crippen LogP) is 3.26. The third kappa shape index (κ3) is 4.32. The van der Waals surface area contributed by atoms with E-state index >= 15 is 0 Å². The van der Waals surface area contributed by atoms with E-state index in [1.807, 2.05) is 12.1 Å². The third-order valence-electron chi connectivity index (χ3n) is 7.19. The van der Waals surface area contributed by atoms with Gasteiger partial charge in [0, 0.05) is 25.2 Å². The molecule has 1 spiro atoms. The van der Waals surface area contributed by atoms with Crippen molar-refractivity contribution in [3.63, 3.8) is 0 Å². The summed E-state index contributed by atoms with van der Waals surface area (Å²) in [6.45, 7) is 3.94. The lowest BCUT2D eigenvalue weighted by atomic mass is 9.73. The van der Waals surface area contributed by atoms with Gasteiger partial charge < -0.3 is 26.4 Å². The number of nitrogens with zero attached hydrogens (tertiary/aromatic N) is 2. The number of hydrogen-bond donors (Lipinski definition) is 3. The van der Waals surface area contributed by atoms with Crippen LogP contribution in [0.15, 0.2) is 36.4 Å². The van der Waals surface area contributed by atoms with E-state index < -0.39 is 5.91 Å². The van der Waals surface area contributed by atoms with Crippen LogP contribution in [0.1, 0.15) is 61.0 Å². The summed E-state index contributed by atoms with van der Waals surface area (Å²) in [5.74, 6) is 1.45. The van der Waals surface area contributed by atoms with Crippen molar-refractivity contribution >= 4 is 17.5 Å². The number of anilines is 2. The maximum atomic E-state index is 11.9. The number of nitrogens with two attached hydrogens (primary N) is 2. The normalized spacial score (nSPS) is 21.2. The minimum atomic E-state index is -0.462. The summed E-state index contributed by atoms with van der Waals surface area (Å²) in [6.07, 6.45) is 5.81. The maximum absolute atomic E-state index is 11.9. The lowest BCUT2D eigenvalue weighted by molar-refractivity contribution is 0.1000. The van der Waals surface area contributed by atoms with E-state index in [-0.39, 0.29) is 11.5 Å². The van der Waals surface area contributed by atoms with Gasteiger partial charge in [-0.1, -0.05) is 18.6 Å². The molecule has 1 aromatic heterocycles. The summed E-state index contributed by atoms with van der Waals surface area (Å²) in [7, 11) is 1.69. The molecule has 2 unspecified atom stereocenters. The Morgan fingerprint density at radius 3 is 2.55 bits per heavy atom. The summed E-state index contributed by atoms with van der Waals surface area (Å²) in [5.41, 5.74) is 13.5. The molecule has 7 nitrogen and oxygen atoms in total. The van der Waals surface area contributed by atoms with Gasteiger partial charge in [0.1, 0.15) is 17.4 Å². The smallest absolute Gasteiger partial charge is 0.252 e. The molecule has 1 aliphatic carbocycles. The molecule has 2 heterocycles. The topological polar surface area (TPSA) is 106 Å². The van der Waals surface area contributed by atoms with Gasteiger partial charge in [-0.05, 0) is 67.9 Å². The van der Waals surface area contributed by atoms with Gasteiger partial charge in [-0.3, -0.25) is 4.79 Å². The Kier molecular flexibility index (Phi) is 6.05. The molecule has 1 saturated heterocycles. The first-order valence-electron chi connectivity index (χ1n) is 11.1. The van der Waals surface area contributed by atoms with Crippen LogP contribution in [0.2, 0.25) is 0 Å². The highest BCUT2D eigenvalue weighted by molar-refractivity contribution is 5.98. The standard InChI is InChI=1S/C24H33N5O2/c1-16(17-5-7-18(31-2)8-6-17)27-20-4-3-11-24(20)12-14-29(15-13-24)23-19(22(26)30)9-10-21(25)28-23/h5-10,16,20,27H,3-4,11-15H2,1-2H3,(H2,25,28)(H2,26,30). The van der Waals surface area contributed by atoms with Crippen LogP contribution in [-0.2, 0) is 0 Å². The molecule has 1 aliphatic heterocycles. The largest absolute Gasteiger partial charge is 0.497 e. The van der Waals surface area contributed by atoms with E-state index in [1.165, 1.54) is 24.8 Å². The van der Waals surface area contributed by atoms with E-state index in [4.69, 9.17) is 16.2 Å². The fourth-order valence-electron chi connectivity index (χ4n) is 5.35. The number of piperidine rings is 1. The van der Waals surface area contributed by atoms with Gasteiger partial charge in [0.05, 0.1) is 12.7 Å². The zero-order valence-corrected chi connectivity index (χ0v) is 18.4. The van der Waals surface area contributed by atoms with E-state index in [0.29, 0.717) is 23.2 Å². The number of pyridine rings is 1. The van der Waals surface area contributed by atoms with Crippen LogP contribution >= 0.6 is 0 Å². The highest BCUT2D eigenvalue weighted by Crippen LogP contribution is 2.47.